The number of rotatable bonds is 3. The molecule has 90 valence electrons. The molecule has 3 heteroatoms. The molecule has 0 spiro atoms. The molecule has 0 unspecified atom stereocenters. The molecule has 3 nitrogen and oxygen atoms in total. The summed E-state index contributed by atoms with van der Waals surface area (Å²) in [5.74, 6) is 2.49. The van der Waals surface area contributed by atoms with Gasteiger partial charge in [-0.1, -0.05) is 0 Å². The van der Waals surface area contributed by atoms with Crippen LogP contribution in [0, 0.1) is 23.7 Å². The Labute approximate surface area is 96.5 Å². The van der Waals surface area contributed by atoms with E-state index in [2.05, 4.69) is 0 Å². The highest BCUT2D eigenvalue weighted by atomic mass is 16.7. The molecule has 2 atom stereocenters. The molecule has 4 fully saturated rings. The summed E-state index contributed by atoms with van der Waals surface area (Å²) in [6.45, 7) is 1.46. The Bertz CT molecular complexity index is 250. The summed E-state index contributed by atoms with van der Waals surface area (Å²) < 4.78 is 11.4. The number of hydrogen-bond donors (Lipinski definition) is 0. The zero-order chi connectivity index (χ0) is 11.0. The topological polar surface area (TPSA) is 35.5 Å². The molecular weight excluding hydrogens is 204 g/mol. The van der Waals surface area contributed by atoms with Crippen LogP contribution < -0.4 is 0 Å². The summed E-state index contributed by atoms with van der Waals surface area (Å²) in [5.41, 5.74) is 0. The quantitative estimate of drug-likeness (QED) is 0.688. The van der Waals surface area contributed by atoms with Crippen molar-refractivity contribution in [2.45, 2.75) is 38.4 Å². The zero-order valence-electron chi connectivity index (χ0n) is 9.64. The highest BCUT2D eigenvalue weighted by Gasteiger charge is 2.48. The van der Waals surface area contributed by atoms with Gasteiger partial charge in [-0.05, 0) is 43.4 Å². The van der Waals surface area contributed by atoms with Crippen molar-refractivity contribution >= 4 is 6.29 Å². The van der Waals surface area contributed by atoms with Crippen LogP contribution in [-0.2, 0) is 14.3 Å². The SMILES string of the molecule is O=CC[C@H]1C2CCC(CC2)[C@@H]1C1OCCO1. The number of carbonyl (C=O) groups excluding carboxylic acids is 1. The van der Waals surface area contributed by atoms with Crippen LogP contribution in [0.1, 0.15) is 32.1 Å². The summed E-state index contributed by atoms with van der Waals surface area (Å²) in [4.78, 5) is 10.8. The van der Waals surface area contributed by atoms with E-state index in [0.717, 1.165) is 31.3 Å². The maximum atomic E-state index is 10.8. The van der Waals surface area contributed by atoms with Gasteiger partial charge in [-0.15, -0.1) is 0 Å². The molecule has 3 aliphatic carbocycles. The van der Waals surface area contributed by atoms with Gasteiger partial charge in [0.25, 0.3) is 0 Å². The Balaban J connectivity index is 1.78. The maximum absolute atomic E-state index is 10.8. The van der Waals surface area contributed by atoms with Gasteiger partial charge in [-0.25, -0.2) is 0 Å². The minimum absolute atomic E-state index is 0.0157. The van der Waals surface area contributed by atoms with Gasteiger partial charge in [-0.3, -0.25) is 0 Å². The van der Waals surface area contributed by atoms with Crippen LogP contribution in [0.3, 0.4) is 0 Å². The second-order valence-corrected chi connectivity index (χ2v) is 5.43. The lowest BCUT2D eigenvalue weighted by Gasteiger charge is -2.49. The van der Waals surface area contributed by atoms with Crippen LogP contribution in [0.2, 0.25) is 0 Å². The summed E-state index contributed by atoms with van der Waals surface area (Å²) in [5, 5.41) is 0. The number of ether oxygens (including phenoxy) is 2. The summed E-state index contributed by atoms with van der Waals surface area (Å²) >= 11 is 0. The molecule has 4 aliphatic rings. The Morgan fingerprint density at radius 2 is 1.62 bits per heavy atom. The van der Waals surface area contributed by atoms with Gasteiger partial charge in [0.05, 0.1) is 13.2 Å². The van der Waals surface area contributed by atoms with Crippen molar-refractivity contribution in [3.8, 4) is 0 Å². The molecule has 3 saturated carbocycles. The predicted octanol–water partition coefficient (Wildman–Crippen LogP) is 2.00. The average Bonchev–Trinajstić information content (AvgIpc) is 2.84. The van der Waals surface area contributed by atoms with Crippen molar-refractivity contribution in [2.24, 2.45) is 23.7 Å². The van der Waals surface area contributed by atoms with Crippen molar-refractivity contribution in [3.63, 3.8) is 0 Å². The number of hydrogen-bond acceptors (Lipinski definition) is 3. The molecule has 2 bridgehead atoms. The molecule has 0 aromatic carbocycles. The van der Waals surface area contributed by atoms with Gasteiger partial charge in [-0.2, -0.15) is 0 Å². The molecule has 16 heavy (non-hydrogen) atoms. The molecule has 0 N–H and O–H groups in total. The van der Waals surface area contributed by atoms with Crippen LogP contribution in [0.15, 0.2) is 0 Å². The van der Waals surface area contributed by atoms with Crippen molar-refractivity contribution in [3.05, 3.63) is 0 Å². The van der Waals surface area contributed by atoms with Crippen molar-refractivity contribution in [1.29, 1.82) is 0 Å². The first-order valence-corrected chi connectivity index (χ1v) is 6.57. The van der Waals surface area contributed by atoms with Crippen LogP contribution >= 0.6 is 0 Å². The van der Waals surface area contributed by atoms with Crippen LogP contribution in [0.5, 0.6) is 0 Å². The highest BCUT2D eigenvalue weighted by Crippen LogP contribution is 2.52. The van der Waals surface area contributed by atoms with Gasteiger partial charge in [0.1, 0.15) is 6.29 Å². The lowest BCUT2D eigenvalue weighted by Crippen LogP contribution is -2.46. The first kappa shape index (κ1) is 10.7. The van der Waals surface area contributed by atoms with E-state index in [0.29, 0.717) is 18.3 Å². The second kappa shape index (κ2) is 4.46. The Morgan fingerprint density at radius 1 is 1.00 bits per heavy atom. The van der Waals surface area contributed by atoms with Crippen LogP contribution in [-0.4, -0.2) is 25.8 Å². The Morgan fingerprint density at radius 3 is 2.25 bits per heavy atom. The monoisotopic (exact) mass is 224 g/mol. The minimum atomic E-state index is -0.0157. The lowest BCUT2D eigenvalue weighted by molar-refractivity contribution is -0.155. The zero-order valence-corrected chi connectivity index (χ0v) is 9.64. The molecule has 4 rings (SSSR count). The fourth-order valence-electron chi connectivity index (χ4n) is 4.11. The standard InChI is InChI=1S/C13H20O3/c14-6-5-11-9-1-3-10(4-2-9)12(11)13-15-7-8-16-13/h6,9-13H,1-5,7-8H2/t9?,10?,11-,12-/m0/s1. The third-order valence-corrected chi connectivity index (χ3v) is 4.79. The second-order valence-electron chi connectivity index (χ2n) is 5.43. The molecule has 0 aromatic heterocycles. The molecular formula is C13H20O3. The average molecular weight is 224 g/mol. The molecule has 1 saturated heterocycles. The van der Waals surface area contributed by atoms with E-state index in [9.17, 15) is 4.79 Å². The van der Waals surface area contributed by atoms with E-state index in [1.807, 2.05) is 0 Å². The Hall–Kier alpha value is -0.410. The normalized spacial score (nSPS) is 43.8. The number of aldehydes is 1. The van der Waals surface area contributed by atoms with Crippen molar-refractivity contribution in [2.75, 3.05) is 13.2 Å². The van der Waals surface area contributed by atoms with Crippen LogP contribution in [0.4, 0.5) is 0 Å². The highest BCUT2D eigenvalue weighted by molar-refractivity contribution is 5.50. The lowest BCUT2D eigenvalue weighted by atomic mass is 9.57. The van der Waals surface area contributed by atoms with Gasteiger partial charge in [0.15, 0.2) is 6.29 Å². The third-order valence-electron chi connectivity index (χ3n) is 4.79. The summed E-state index contributed by atoms with van der Waals surface area (Å²) in [7, 11) is 0. The minimum Gasteiger partial charge on any atom is -0.350 e. The van der Waals surface area contributed by atoms with Gasteiger partial charge in [0, 0.05) is 12.3 Å². The van der Waals surface area contributed by atoms with Gasteiger partial charge >= 0.3 is 0 Å². The van der Waals surface area contributed by atoms with Crippen molar-refractivity contribution < 1.29 is 14.3 Å². The van der Waals surface area contributed by atoms with Crippen LogP contribution in [0.25, 0.3) is 0 Å². The smallest absolute Gasteiger partial charge is 0.161 e. The summed E-state index contributed by atoms with van der Waals surface area (Å²) in [6, 6.07) is 0. The first-order valence-electron chi connectivity index (χ1n) is 6.57. The summed E-state index contributed by atoms with van der Waals surface area (Å²) in [6.07, 6.45) is 7.03. The number of fused-ring (bicyclic) bond motifs is 3. The molecule has 0 aromatic rings. The van der Waals surface area contributed by atoms with E-state index >= 15 is 0 Å². The molecule has 1 heterocycles. The largest absolute Gasteiger partial charge is 0.350 e. The van der Waals surface area contributed by atoms with Gasteiger partial charge in [0.2, 0.25) is 0 Å². The fourth-order valence-corrected chi connectivity index (χ4v) is 4.11. The van der Waals surface area contributed by atoms with E-state index in [4.69, 9.17) is 9.47 Å². The fraction of sp³-hybridized carbons (Fsp3) is 0.923. The van der Waals surface area contributed by atoms with Gasteiger partial charge < -0.3 is 14.3 Å². The number of carbonyl (C=O) groups is 1. The van der Waals surface area contributed by atoms with E-state index in [1.165, 1.54) is 25.7 Å². The Kier molecular flexibility index (Phi) is 2.99. The van der Waals surface area contributed by atoms with E-state index in [1.54, 1.807) is 0 Å². The maximum Gasteiger partial charge on any atom is 0.161 e. The molecule has 0 amide bonds. The molecule has 1 aliphatic heterocycles. The predicted molar refractivity (Wildman–Crippen MR) is 58.8 cm³/mol. The van der Waals surface area contributed by atoms with Crippen molar-refractivity contribution in [1.82, 2.24) is 0 Å². The molecule has 0 radical (unpaired) electrons. The first-order chi connectivity index (χ1) is 7.90. The third kappa shape index (κ3) is 1.70. The van der Waals surface area contributed by atoms with E-state index < -0.39 is 0 Å². The van der Waals surface area contributed by atoms with E-state index in [-0.39, 0.29) is 6.29 Å².